The number of rotatable bonds is 4. The number of hydrogen-bond donors (Lipinski definition) is 1. The number of fused-ring (bicyclic) bond motifs is 1. The van der Waals surface area contributed by atoms with Crippen LogP contribution >= 0.6 is 27.5 Å². The molecular weight excluding hydrogens is 480 g/mol. The van der Waals surface area contributed by atoms with Crippen molar-refractivity contribution < 1.29 is 4.79 Å². The minimum Gasteiger partial charge on any atom is -0.352 e. The number of piperazine rings is 1. The van der Waals surface area contributed by atoms with Crippen molar-refractivity contribution >= 4 is 50.3 Å². The lowest BCUT2D eigenvalue weighted by Crippen LogP contribution is -2.51. The van der Waals surface area contributed by atoms with E-state index >= 15 is 0 Å². The second-order valence-corrected chi connectivity index (χ2v) is 8.74. The van der Waals surface area contributed by atoms with E-state index in [2.05, 4.69) is 35.8 Å². The van der Waals surface area contributed by atoms with Crippen LogP contribution in [0.1, 0.15) is 11.6 Å². The topological polar surface area (TPSA) is 70.1 Å². The van der Waals surface area contributed by atoms with Crippen molar-refractivity contribution in [2.24, 2.45) is 0 Å². The summed E-state index contributed by atoms with van der Waals surface area (Å²) in [5.41, 5.74) is 1.72. The zero-order valence-corrected chi connectivity index (χ0v) is 18.9. The smallest absolute Gasteiger partial charge is 0.250 e. The molecule has 0 spiro atoms. The molecule has 1 aromatic carbocycles. The fourth-order valence-corrected chi connectivity index (χ4v) is 4.67. The zero-order valence-electron chi connectivity index (χ0n) is 16.6. The molecule has 1 atom stereocenters. The van der Waals surface area contributed by atoms with Crippen molar-refractivity contribution in [2.75, 3.05) is 31.1 Å². The highest BCUT2D eigenvalue weighted by Gasteiger charge is 2.30. The second kappa shape index (κ2) is 8.36. The maximum Gasteiger partial charge on any atom is 0.250 e. The average molecular weight is 500 g/mol. The molecule has 1 aliphatic rings. The SMILES string of the molecule is O=C(C(c1ccc(Cl)cc1)n1cccc1)N1CCN(c2ncnc3[nH]cc(Br)c23)CC1. The predicted octanol–water partition coefficient (Wildman–Crippen LogP) is 4.11. The molecule has 0 saturated carbocycles. The summed E-state index contributed by atoms with van der Waals surface area (Å²) in [6, 6.07) is 10.9. The van der Waals surface area contributed by atoms with Gasteiger partial charge in [0, 0.05) is 54.3 Å². The predicted molar refractivity (Wildman–Crippen MR) is 124 cm³/mol. The van der Waals surface area contributed by atoms with Gasteiger partial charge in [-0.2, -0.15) is 0 Å². The molecule has 158 valence electrons. The molecule has 7 nitrogen and oxygen atoms in total. The summed E-state index contributed by atoms with van der Waals surface area (Å²) in [4.78, 5) is 29.7. The summed E-state index contributed by atoms with van der Waals surface area (Å²) in [5.74, 6) is 0.957. The van der Waals surface area contributed by atoms with E-state index in [1.165, 1.54) is 0 Å². The van der Waals surface area contributed by atoms with E-state index in [1.807, 2.05) is 64.5 Å². The standard InChI is InChI=1S/C22H20BrClN6O/c23-17-13-25-20-18(17)21(27-14-26-20)29-9-11-30(12-10-29)22(31)19(28-7-1-2-8-28)15-3-5-16(24)6-4-15/h1-8,13-14,19H,9-12H2,(H,25,26,27). The summed E-state index contributed by atoms with van der Waals surface area (Å²) >= 11 is 9.64. The van der Waals surface area contributed by atoms with Crippen molar-refractivity contribution in [3.8, 4) is 0 Å². The number of carbonyl (C=O) groups excluding carboxylic acids is 1. The fraction of sp³-hybridized carbons (Fsp3) is 0.227. The number of amides is 1. The minimum absolute atomic E-state index is 0.0776. The molecule has 0 radical (unpaired) electrons. The molecule has 1 fully saturated rings. The van der Waals surface area contributed by atoms with Gasteiger partial charge in [-0.05, 0) is 45.8 Å². The molecule has 1 amide bonds. The van der Waals surface area contributed by atoms with Crippen molar-refractivity contribution in [3.63, 3.8) is 0 Å². The van der Waals surface area contributed by atoms with Crippen LogP contribution < -0.4 is 4.90 Å². The van der Waals surface area contributed by atoms with Crippen molar-refractivity contribution in [1.29, 1.82) is 0 Å². The first-order valence-corrected chi connectivity index (χ1v) is 11.2. The third-order valence-corrected chi connectivity index (χ3v) is 6.52. The number of nitrogens with one attached hydrogen (secondary N) is 1. The summed E-state index contributed by atoms with van der Waals surface area (Å²) < 4.78 is 2.88. The molecule has 1 N–H and O–H groups in total. The van der Waals surface area contributed by atoms with Crippen LogP contribution in [0.3, 0.4) is 0 Å². The summed E-state index contributed by atoms with van der Waals surface area (Å²) in [7, 11) is 0. The Bertz CT molecular complexity index is 1200. The van der Waals surface area contributed by atoms with Gasteiger partial charge in [0.25, 0.3) is 0 Å². The van der Waals surface area contributed by atoms with Gasteiger partial charge in [-0.15, -0.1) is 0 Å². The maximum absolute atomic E-state index is 13.6. The first-order chi connectivity index (χ1) is 15.1. The van der Waals surface area contributed by atoms with Gasteiger partial charge in [0.15, 0.2) is 0 Å². The van der Waals surface area contributed by atoms with Gasteiger partial charge in [-0.25, -0.2) is 9.97 Å². The van der Waals surface area contributed by atoms with E-state index in [9.17, 15) is 4.79 Å². The largest absolute Gasteiger partial charge is 0.352 e. The Morgan fingerprint density at radius 1 is 1.06 bits per heavy atom. The van der Waals surface area contributed by atoms with Crippen LogP contribution in [0.25, 0.3) is 11.0 Å². The third kappa shape index (κ3) is 3.81. The van der Waals surface area contributed by atoms with Gasteiger partial charge in [0.1, 0.15) is 23.8 Å². The Balaban J connectivity index is 1.37. The van der Waals surface area contributed by atoms with E-state index in [4.69, 9.17) is 11.6 Å². The van der Waals surface area contributed by atoms with Crippen LogP contribution in [0, 0.1) is 0 Å². The molecule has 1 saturated heterocycles. The van der Waals surface area contributed by atoms with Gasteiger partial charge in [0.05, 0.1) is 5.39 Å². The molecule has 4 heterocycles. The lowest BCUT2D eigenvalue weighted by Gasteiger charge is -2.37. The van der Waals surface area contributed by atoms with Gasteiger partial charge in [0.2, 0.25) is 5.91 Å². The van der Waals surface area contributed by atoms with E-state index in [0.29, 0.717) is 31.2 Å². The second-order valence-electron chi connectivity index (χ2n) is 7.45. The van der Waals surface area contributed by atoms with Crippen LogP contribution in [-0.4, -0.2) is 56.5 Å². The van der Waals surface area contributed by atoms with Crippen LogP contribution in [0.2, 0.25) is 5.02 Å². The number of carbonyl (C=O) groups is 1. The molecular formula is C22H20BrClN6O. The number of anilines is 1. The molecule has 31 heavy (non-hydrogen) atoms. The number of aromatic nitrogens is 4. The number of aromatic amines is 1. The van der Waals surface area contributed by atoms with Crippen LogP contribution in [0.4, 0.5) is 5.82 Å². The monoisotopic (exact) mass is 498 g/mol. The van der Waals surface area contributed by atoms with Crippen LogP contribution in [-0.2, 0) is 4.79 Å². The van der Waals surface area contributed by atoms with E-state index < -0.39 is 6.04 Å². The lowest BCUT2D eigenvalue weighted by atomic mass is 10.0. The number of benzene rings is 1. The van der Waals surface area contributed by atoms with E-state index in [-0.39, 0.29) is 5.91 Å². The zero-order chi connectivity index (χ0) is 21.4. The highest BCUT2D eigenvalue weighted by Crippen LogP contribution is 2.31. The Labute approximate surface area is 192 Å². The maximum atomic E-state index is 13.6. The van der Waals surface area contributed by atoms with Gasteiger partial charge in [-0.3, -0.25) is 4.79 Å². The van der Waals surface area contributed by atoms with Gasteiger partial charge >= 0.3 is 0 Å². The lowest BCUT2D eigenvalue weighted by molar-refractivity contribution is -0.133. The van der Waals surface area contributed by atoms with E-state index in [1.54, 1.807) is 6.33 Å². The van der Waals surface area contributed by atoms with Gasteiger partial charge < -0.3 is 19.4 Å². The Kier molecular flexibility index (Phi) is 5.41. The molecule has 4 aromatic rings. The Morgan fingerprint density at radius 3 is 2.48 bits per heavy atom. The Morgan fingerprint density at radius 2 is 1.77 bits per heavy atom. The number of nitrogens with zero attached hydrogens (tertiary/aromatic N) is 5. The van der Waals surface area contributed by atoms with Gasteiger partial charge in [-0.1, -0.05) is 23.7 Å². The fourth-order valence-electron chi connectivity index (χ4n) is 4.07. The van der Waals surface area contributed by atoms with Crippen molar-refractivity contribution in [3.05, 3.63) is 76.4 Å². The number of hydrogen-bond acceptors (Lipinski definition) is 4. The minimum atomic E-state index is -0.414. The normalized spacial score (nSPS) is 15.4. The first kappa shape index (κ1) is 20.1. The molecule has 0 bridgehead atoms. The van der Waals surface area contributed by atoms with Crippen molar-refractivity contribution in [1.82, 2.24) is 24.4 Å². The summed E-state index contributed by atoms with van der Waals surface area (Å²) in [6.45, 7) is 2.65. The Hall–Kier alpha value is -2.84. The van der Waals surface area contributed by atoms with Crippen molar-refractivity contribution in [2.45, 2.75) is 6.04 Å². The molecule has 3 aromatic heterocycles. The number of H-pyrrole nitrogens is 1. The first-order valence-electron chi connectivity index (χ1n) is 10.0. The third-order valence-electron chi connectivity index (χ3n) is 5.64. The average Bonchev–Trinajstić information content (AvgIpc) is 3.46. The molecule has 1 aliphatic heterocycles. The quantitative estimate of drug-likeness (QED) is 0.459. The van der Waals surface area contributed by atoms with Crippen LogP contribution in [0.15, 0.2) is 65.8 Å². The highest BCUT2D eigenvalue weighted by atomic mass is 79.9. The molecule has 1 unspecified atom stereocenters. The summed E-state index contributed by atoms with van der Waals surface area (Å²) in [5, 5.41) is 1.62. The molecule has 0 aliphatic carbocycles. The summed E-state index contributed by atoms with van der Waals surface area (Å²) in [6.07, 6.45) is 7.29. The van der Waals surface area contributed by atoms with Crippen LogP contribution in [0.5, 0.6) is 0 Å². The molecule has 9 heteroatoms. The number of halogens is 2. The molecule has 5 rings (SSSR count). The highest BCUT2D eigenvalue weighted by molar-refractivity contribution is 9.10. The van der Waals surface area contributed by atoms with E-state index in [0.717, 1.165) is 26.9 Å².